The molecule has 2 aliphatic rings. The summed E-state index contributed by atoms with van der Waals surface area (Å²) in [5.74, 6) is 0.368. The topological polar surface area (TPSA) is 66.5 Å². The highest BCUT2D eigenvalue weighted by atomic mass is 35.5. The summed E-state index contributed by atoms with van der Waals surface area (Å²) in [6.07, 6.45) is 4.00. The number of halogens is 2. The van der Waals surface area contributed by atoms with E-state index in [2.05, 4.69) is 25.9 Å². The van der Waals surface area contributed by atoms with Crippen molar-refractivity contribution < 1.29 is 9.53 Å². The molecular weight excluding hydrogens is 419 g/mol. The second-order valence-corrected chi connectivity index (χ2v) is 8.87. The number of aromatic nitrogens is 1. The van der Waals surface area contributed by atoms with Crippen molar-refractivity contribution >= 4 is 42.1 Å². The molecule has 2 fully saturated rings. The van der Waals surface area contributed by atoms with Gasteiger partial charge in [0.25, 0.3) is 0 Å². The Hall–Kier alpha value is -0.440. The van der Waals surface area contributed by atoms with Crippen molar-refractivity contribution in [3.8, 4) is 0 Å². The Morgan fingerprint density at radius 2 is 2.04 bits per heavy atom. The zero-order valence-corrected chi connectivity index (χ0v) is 19.3. The molecule has 0 aliphatic carbocycles. The fourth-order valence-electron chi connectivity index (χ4n) is 4.12. The minimum absolute atomic E-state index is 0. The number of aryl methyl sites for hydroxylation is 1. The van der Waals surface area contributed by atoms with Crippen LogP contribution in [0.15, 0.2) is 5.38 Å². The van der Waals surface area contributed by atoms with E-state index in [0.717, 1.165) is 82.3 Å². The molecule has 0 bridgehead atoms. The number of ether oxygens (including phenoxy) is 1. The average molecular weight is 453 g/mol. The first kappa shape index (κ1) is 25.6. The highest BCUT2D eigenvalue weighted by Gasteiger charge is 2.33. The number of nitrogens with one attached hydrogen (secondary N) is 2. The van der Waals surface area contributed by atoms with Gasteiger partial charge in [-0.25, -0.2) is 4.98 Å². The monoisotopic (exact) mass is 452 g/mol. The fourth-order valence-corrected chi connectivity index (χ4v) is 4.72. The van der Waals surface area contributed by atoms with Crippen molar-refractivity contribution in [1.82, 2.24) is 20.5 Å². The number of hydrogen-bond acceptors (Lipinski definition) is 6. The third kappa shape index (κ3) is 7.11. The number of carbonyl (C=O) groups is 1. The van der Waals surface area contributed by atoms with Crippen LogP contribution in [-0.2, 0) is 16.1 Å². The molecule has 2 N–H and O–H groups in total. The van der Waals surface area contributed by atoms with Crippen LogP contribution in [0.5, 0.6) is 0 Å². The van der Waals surface area contributed by atoms with Crippen LogP contribution in [0.4, 0.5) is 0 Å². The van der Waals surface area contributed by atoms with Gasteiger partial charge in [-0.15, -0.1) is 36.2 Å². The molecule has 1 aromatic heterocycles. The van der Waals surface area contributed by atoms with E-state index in [0.29, 0.717) is 0 Å². The summed E-state index contributed by atoms with van der Waals surface area (Å²) in [4.78, 5) is 19.6. The molecule has 162 valence electrons. The largest absolute Gasteiger partial charge is 0.384 e. The van der Waals surface area contributed by atoms with Crippen molar-refractivity contribution in [3.63, 3.8) is 0 Å². The predicted molar refractivity (Wildman–Crippen MR) is 119 cm³/mol. The van der Waals surface area contributed by atoms with Gasteiger partial charge in [-0.1, -0.05) is 0 Å². The molecule has 2 saturated heterocycles. The van der Waals surface area contributed by atoms with E-state index in [1.54, 1.807) is 18.4 Å². The number of likely N-dealkylation sites (tertiary alicyclic amines) is 1. The van der Waals surface area contributed by atoms with Crippen molar-refractivity contribution in [2.24, 2.45) is 11.3 Å². The van der Waals surface area contributed by atoms with Crippen molar-refractivity contribution in [1.29, 1.82) is 0 Å². The van der Waals surface area contributed by atoms with Crippen LogP contribution in [0.3, 0.4) is 0 Å². The molecule has 0 radical (unpaired) electrons. The number of methoxy groups -OCH3 is 1. The Kier molecular flexibility index (Phi) is 11.2. The smallest absolute Gasteiger partial charge is 0.223 e. The molecule has 0 atom stereocenters. The first-order valence-electron chi connectivity index (χ1n) is 9.71. The van der Waals surface area contributed by atoms with E-state index in [1.165, 1.54) is 0 Å². The van der Waals surface area contributed by atoms with Crippen LogP contribution in [0.2, 0.25) is 0 Å². The van der Waals surface area contributed by atoms with Gasteiger partial charge >= 0.3 is 0 Å². The second-order valence-electron chi connectivity index (χ2n) is 7.81. The van der Waals surface area contributed by atoms with Gasteiger partial charge in [0, 0.05) is 36.9 Å². The van der Waals surface area contributed by atoms with Crippen LogP contribution >= 0.6 is 36.2 Å². The maximum absolute atomic E-state index is 12.7. The summed E-state index contributed by atoms with van der Waals surface area (Å²) in [6.45, 7) is 8.37. The van der Waals surface area contributed by atoms with Crippen molar-refractivity contribution in [2.45, 2.75) is 39.2 Å². The maximum atomic E-state index is 12.7. The Morgan fingerprint density at radius 1 is 1.36 bits per heavy atom. The van der Waals surface area contributed by atoms with Gasteiger partial charge < -0.3 is 15.4 Å². The summed E-state index contributed by atoms with van der Waals surface area (Å²) in [5.41, 5.74) is 1.25. The third-order valence-electron chi connectivity index (χ3n) is 5.76. The molecule has 3 heterocycles. The number of amides is 1. The summed E-state index contributed by atoms with van der Waals surface area (Å²) in [6, 6.07) is 0. The fraction of sp³-hybridized carbons (Fsp3) is 0.789. The van der Waals surface area contributed by atoms with Crippen molar-refractivity contribution in [3.05, 3.63) is 16.1 Å². The number of hydrogen-bond donors (Lipinski definition) is 2. The van der Waals surface area contributed by atoms with Crippen LogP contribution in [0.25, 0.3) is 0 Å². The molecule has 3 rings (SSSR count). The quantitative estimate of drug-likeness (QED) is 0.665. The van der Waals surface area contributed by atoms with E-state index in [4.69, 9.17) is 4.74 Å². The molecule has 0 spiro atoms. The molecule has 0 aromatic carbocycles. The van der Waals surface area contributed by atoms with Gasteiger partial charge in [-0.05, 0) is 58.8 Å². The summed E-state index contributed by atoms with van der Waals surface area (Å²) in [7, 11) is 1.76. The van der Waals surface area contributed by atoms with E-state index < -0.39 is 0 Å². The van der Waals surface area contributed by atoms with E-state index in [9.17, 15) is 4.79 Å². The Morgan fingerprint density at radius 3 is 2.61 bits per heavy atom. The number of nitrogens with zero attached hydrogens (tertiary/aromatic N) is 2. The molecule has 2 aliphatic heterocycles. The zero-order chi connectivity index (χ0) is 18.4. The van der Waals surface area contributed by atoms with Gasteiger partial charge in [0.2, 0.25) is 5.91 Å². The van der Waals surface area contributed by atoms with Crippen LogP contribution in [0.1, 0.15) is 36.4 Å². The van der Waals surface area contributed by atoms with E-state index >= 15 is 0 Å². The lowest BCUT2D eigenvalue weighted by atomic mass is 9.79. The molecule has 28 heavy (non-hydrogen) atoms. The van der Waals surface area contributed by atoms with Gasteiger partial charge in [-0.2, -0.15) is 0 Å². The second kappa shape index (κ2) is 12.3. The Bertz CT molecular complexity index is 583. The Labute approximate surface area is 185 Å². The van der Waals surface area contributed by atoms with Gasteiger partial charge in [0.1, 0.15) is 0 Å². The molecule has 0 unspecified atom stereocenters. The SMILES string of the molecule is COCC1(CNC(=O)C2CCN(Cc3csc(C)n3)CC2)CCNCC1.Cl.Cl. The first-order chi connectivity index (χ1) is 12.6. The summed E-state index contributed by atoms with van der Waals surface area (Å²) in [5, 5.41) is 9.90. The lowest BCUT2D eigenvalue weighted by Crippen LogP contribution is -2.49. The highest BCUT2D eigenvalue weighted by molar-refractivity contribution is 7.09. The molecule has 1 amide bonds. The standard InChI is InChI=1S/C19H32N4O2S.2ClH/c1-15-22-17(12-26-15)11-23-9-3-16(4-10-23)18(24)21-13-19(14-25-2)5-7-20-8-6-19;;/h12,16,20H,3-11,13-14H2,1-2H3,(H,21,24);2*1H. The van der Waals surface area contributed by atoms with Crippen molar-refractivity contribution in [2.75, 3.05) is 46.4 Å². The molecule has 1 aromatic rings. The number of thiazole rings is 1. The molecular formula is C19H34Cl2N4O2S. The van der Waals surface area contributed by atoms with Gasteiger partial charge in [0.15, 0.2) is 0 Å². The molecule has 0 saturated carbocycles. The summed E-state index contributed by atoms with van der Waals surface area (Å²) >= 11 is 1.71. The third-order valence-corrected chi connectivity index (χ3v) is 6.59. The predicted octanol–water partition coefficient (Wildman–Crippen LogP) is 2.64. The van der Waals surface area contributed by atoms with Crippen LogP contribution in [-0.4, -0.2) is 62.2 Å². The first-order valence-corrected chi connectivity index (χ1v) is 10.6. The van der Waals surface area contributed by atoms with Crippen LogP contribution in [0, 0.1) is 18.3 Å². The van der Waals surface area contributed by atoms with Gasteiger partial charge in [0.05, 0.1) is 17.3 Å². The number of piperidine rings is 2. The minimum Gasteiger partial charge on any atom is -0.384 e. The maximum Gasteiger partial charge on any atom is 0.223 e. The lowest BCUT2D eigenvalue weighted by Gasteiger charge is -2.38. The highest BCUT2D eigenvalue weighted by Crippen LogP contribution is 2.28. The molecule has 9 heteroatoms. The van der Waals surface area contributed by atoms with E-state index in [1.807, 2.05) is 6.92 Å². The summed E-state index contributed by atoms with van der Waals surface area (Å²) < 4.78 is 5.44. The lowest BCUT2D eigenvalue weighted by molar-refractivity contribution is -0.127. The normalized spacial score (nSPS) is 20.1. The van der Waals surface area contributed by atoms with Gasteiger partial charge in [-0.3, -0.25) is 9.69 Å². The average Bonchev–Trinajstić information content (AvgIpc) is 3.06. The number of carbonyl (C=O) groups excluding carboxylic acids is 1. The minimum atomic E-state index is 0. The van der Waals surface area contributed by atoms with E-state index in [-0.39, 0.29) is 42.1 Å². The zero-order valence-electron chi connectivity index (χ0n) is 16.9. The van der Waals surface area contributed by atoms with Crippen LogP contribution < -0.4 is 10.6 Å². The number of rotatable bonds is 7. The Balaban J connectivity index is 0.00000196. The molecule has 6 nitrogen and oxygen atoms in total.